The Labute approximate surface area is 170 Å². The molecule has 3 aromatic carbocycles. The predicted molar refractivity (Wildman–Crippen MR) is 105 cm³/mol. The van der Waals surface area contributed by atoms with Gasteiger partial charge in [-0.1, -0.05) is 29.8 Å². The zero-order valence-electron chi connectivity index (χ0n) is 14.7. The summed E-state index contributed by atoms with van der Waals surface area (Å²) in [5, 5.41) is 23.5. The molecule has 0 heterocycles. The van der Waals surface area contributed by atoms with Gasteiger partial charge in [-0.05, 0) is 35.9 Å². The molecular formula is C19H14ClFN2O5S. The van der Waals surface area contributed by atoms with Crippen molar-refractivity contribution >= 4 is 32.8 Å². The van der Waals surface area contributed by atoms with E-state index in [0.29, 0.717) is 10.6 Å². The highest BCUT2D eigenvalue weighted by Gasteiger charge is 2.22. The van der Waals surface area contributed by atoms with E-state index in [2.05, 4.69) is 5.32 Å². The SMILES string of the molecule is O=[N+]([O-])c1cc(NCc2ccccc2S(=O)(=O)c2ccc(Cl)cc2)cc(F)c1O. The number of hydrogen-bond donors (Lipinski definition) is 2. The van der Waals surface area contributed by atoms with Crippen molar-refractivity contribution in [1.29, 1.82) is 0 Å². The van der Waals surface area contributed by atoms with Crippen LogP contribution >= 0.6 is 11.6 Å². The monoisotopic (exact) mass is 436 g/mol. The van der Waals surface area contributed by atoms with E-state index in [1.165, 1.54) is 30.3 Å². The molecule has 0 bridgehead atoms. The van der Waals surface area contributed by atoms with E-state index in [9.17, 15) is 28.0 Å². The van der Waals surface area contributed by atoms with Gasteiger partial charge in [-0.3, -0.25) is 10.1 Å². The molecule has 0 radical (unpaired) electrons. The number of nitro benzene ring substituents is 1. The Morgan fingerprint density at radius 1 is 1.10 bits per heavy atom. The number of benzene rings is 3. The second-order valence-corrected chi connectivity index (χ2v) is 8.36. The lowest BCUT2D eigenvalue weighted by Gasteiger charge is -2.13. The zero-order chi connectivity index (χ0) is 21.2. The average Bonchev–Trinajstić information content (AvgIpc) is 2.69. The van der Waals surface area contributed by atoms with Gasteiger partial charge in [0.2, 0.25) is 15.6 Å². The van der Waals surface area contributed by atoms with E-state index in [1.807, 2.05) is 0 Å². The number of nitrogens with one attached hydrogen (secondary N) is 1. The van der Waals surface area contributed by atoms with Gasteiger partial charge in [-0.2, -0.15) is 0 Å². The van der Waals surface area contributed by atoms with Crippen molar-refractivity contribution in [1.82, 2.24) is 0 Å². The fraction of sp³-hybridized carbons (Fsp3) is 0.0526. The molecule has 0 unspecified atom stereocenters. The normalized spacial score (nSPS) is 11.2. The minimum absolute atomic E-state index is 0.0192. The van der Waals surface area contributed by atoms with Crippen LogP contribution in [0.4, 0.5) is 15.8 Å². The molecule has 2 N–H and O–H groups in total. The van der Waals surface area contributed by atoms with E-state index >= 15 is 0 Å². The summed E-state index contributed by atoms with van der Waals surface area (Å²) in [5.74, 6) is -2.23. The highest BCUT2D eigenvalue weighted by Crippen LogP contribution is 2.33. The van der Waals surface area contributed by atoms with Crippen LogP contribution in [0.25, 0.3) is 0 Å². The molecule has 7 nitrogen and oxygen atoms in total. The van der Waals surface area contributed by atoms with Gasteiger partial charge in [0.15, 0.2) is 5.82 Å². The molecule has 3 rings (SSSR count). The van der Waals surface area contributed by atoms with Crippen molar-refractivity contribution in [2.24, 2.45) is 0 Å². The molecule has 10 heteroatoms. The van der Waals surface area contributed by atoms with E-state index in [-0.39, 0.29) is 22.0 Å². The number of phenols is 1. The summed E-state index contributed by atoms with van der Waals surface area (Å²) in [7, 11) is -3.85. The summed E-state index contributed by atoms with van der Waals surface area (Å²) in [6.07, 6.45) is 0. The summed E-state index contributed by atoms with van der Waals surface area (Å²) >= 11 is 5.81. The van der Waals surface area contributed by atoms with E-state index in [4.69, 9.17) is 11.6 Å². The molecule has 0 aliphatic rings. The Balaban J connectivity index is 1.93. The number of halogens is 2. The lowest BCUT2D eigenvalue weighted by atomic mass is 10.2. The van der Waals surface area contributed by atoms with E-state index < -0.39 is 32.0 Å². The lowest BCUT2D eigenvalue weighted by Crippen LogP contribution is -2.09. The number of nitrogens with zero attached hydrogens (tertiary/aromatic N) is 1. The number of sulfone groups is 1. The van der Waals surface area contributed by atoms with Crippen molar-refractivity contribution < 1.29 is 22.8 Å². The fourth-order valence-corrected chi connectivity index (χ4v) is 4.29. The van der Waals surface area contributed by atoms with Crippen LogP contribution in [0.3, 0.4) is 0 Å². The molecule has 0 saturated carbocycles. The summed E-state index contributed by atoms with van der Waals surface area (Å²) in [5.41, 5.74) is -0.404. The van der Waals surface area contributed by atoms with Crippen LogP contribution in [-0.4, -0.2) is 18.4 Å². The van der Waals surface area contributed by atoms with Gasteiger partial charge in [0, 0.05) is 29.4 Å². The smallest absolute Gasteiger partial charge is 0.315 e. The van der Waals surface area contributed by atoms with Crippen LogP contribution in [-0.2, 0) is 16.4 Å². The maximum Gasteiger partial charge on any atom is 0.315 e. The molecule has 0 fully saturated rings. The first-order valence-corrected chi connectivity index (χ1v) is 10.1. The number of rotatable bonds is 6. The van der Waals surface area contributed by atoms with Gasteiger partial charge in [-0.25, -0.2) is 12.8 Å². The van der Waals surface area contributed by atoms with Crippen molar-refractivity contribution in [3.8, 4) is 5.75 Å². The third-order valence-electron chi connectivity index (χ3n) is 4.11. The molecule has 0 aliphatic heterocycles. The highest BCUT2D eigenvalue weighted by molar-refractivity contribution is 7.91. The van der Waals surface area contributed by atoms with Crippen molar-refractivity contribution in [3.05, 3.63) is 87.2 Å². The molecule has 0 aromatic heterocycles. The summed E-state index contributed by atoms with van der Waals surface area (Å²) < 4.78 is 39.7. The number of hydrogen-bond acceptors (Lipinski definition) is 6. The third kappa shape index (κ3) is 4.30. The average molecular weight is 437 g/mol. The molecule has 150 valence electrons. The van der Waals surface area contributed by atoms with E-state index in [0.717, 1.165) is 12.1 Å². The number of aromatic hydroxyl groups is 1. The first kappa shape index (κ1) is 20.6. The molecule has 0 amide bonds. The molecule has 29 heavy (non-hydrogen) atoms. The van der Waals surface area contributed by atoms with Crippen LogP contribution in [0.2, 0.25) is 5.02 Å². The zero-order valence-corrected chi connectivity index (χ0v) is 16.2. The molecular weight excluding hydrogens is 423 g/mol. The van der Waals surface area contributed by atoms with Gasteiger partial charge in [0.05, 0.1) is 14.7 Å². The number of nitro groups is 1. The van der Waals surface area contributed by atoms with Crippen LogP contribution in [0.15, 0.2) is 70.5 Å². The Bertz CT molecular complexity index is 1180. The topological polar surface area (TPSA) is 110 Å². The van der Waals surface area contributed by atoms with Gasteiger partial charge < -0.3 is 10.4 Å². The van der Waals surface area contributed by atoms with Gasteiger partial charge in [-0.15, -0.1) is 0 Å². The standard InChI is InChI=1S/C19H14ClFN2O5S/c20-13-5-7-15(8-6-13)29(27,28)18-4-2-1-3-12(18)11-22-14-9-16(21)19(24)17(10-14)23(25)26/h1-10,22,24H,11H2. The predicted octanol–water partition coefficient (Wildman–Crippen LogP) is 4.54. The quantitative estimate of drug-likeness (QED) is 0.333. The Morgan fingerprint density at radius 2 is 1.76 bits per heavy atom. The van der Waals surface area contributed by atoms with Crippen LogP contribution in [0.1, 0.15) is 5.56 Å². The van der Waals surface area contributed by atoms with Crippen LogP contribution in [0, 0.1) is 15.9 Å². The molecule has 0 atom stereocenters. The van der Waals surface area contributed by atoms with Gasteiger partial charge >= 0.3 is 5.69 Å². The third-order valence-corrected chi connectivity index (χ3v) is 6.23. The molecule has 0 aliphatic carbocycles. The van der Waals surface area contributed by atoms with E-state index in [1.54, 1.807) is 18.2 Å². The maximum absolute atomic E-state index is 13.7. The summed E-state index contributed by atoms with van der Waals surface area (Å²) in [4.78, 5) is 10.1. The first-order chi connectivity index (χ1) is 13.7. The molecule has 0 saturated heterocycles. The molecule has 0 spiro atoms. The number of phenolic OH excluding ortho intramolecular Hbond substituents is 1. The second kappa shape index (κ2) is 8.06. The lowest BCUT2D eigenvalue weighted by molar-refractivity contribution is -0.386. The Morgan fingerprint density at radius 3 is 2.41 bits per heavy atom. The van der Waals surface area contributed by atoms with Crippen molar-refractivity contribution in [2.75, 3.05) is 5.32 Å². The van der Waals surface area contributed by atoms with Crippen LogP contribution in [0.5, 0.6) is 5.75 Å². The fourth-order valence-electron chi connectivity index (χ4n) is 2.68. The summed E-state index contributed by atoms with van der Waals surface area (Å²) in [6.45, 7) is -0.0512. The molecule has 3 aromatic rings. The largest absolute Gasteiger partial charge is 0.500 e. The van der Waals surface area contributed by atoms with Crippen molar-refractivity contribution in [2.45, 2.75) is 16.3 Å². The van der Waals surface area contributed by atoms with Crippen LogP contribution < -0.4 is 5.32 Å². The minimum Gasteiger partial charge on any atom is -0.500 e. The summed E-state index contributed by atoms with van der Waals surface area (Å²) in [6, 6.07) is 13.8. The number of anilines is 1. The minimum atomic E-state index is -3.85. The second-order valence-electron chi connectivity index (χ2n) is 6.00. The Hall–Kier alpha value is -3.17. The first-order valence-electron chi connectivity index (χ1n) is 8.19. The Kier molecular flexibility index (Phi) is 5.71. The van der Waals surface area contributed by atoms with Gasteiger partial charge in [0.25, 0.3) is 0 Å². The maximum atomic E-state index is 13.7. The highest BCUT2D eigenvalue weighted by atomic mass is 35.5. The van der Waals surface area contributed by atoms with Crippen molar-refractivity contribution in [3.63, 3.8) is 0 Å². The van der Waals surface area contributed by atoms with Gasteiger partial charge in [0.1, 0.15) is 0 Å².